The van der Waals surface area contributed by atoms with E-state index in [-0.39, 0.29) is 12.0 Å². The number of hydrogen-bond acceptors (Lipinski definition) is 4. The van der Waals surface area contributed by atoms with Crippen molar-refractivity contribution in [1.82, 2.24) is 10.2 Å². The van der Waals surface area contributed by atoms with Gasteiger partial charge in [0.1, 0.15) is 0 Å². The van der Waals surface area contributed by atoms with Gasteiger partial charge in [-0.25, -0.2) is 0 Å². The van der Waals surface area contributed by atoms with E-state index in [4.69, 9.17) is 4.74 Å². The van der Waals surface area contributed by atoms with E-state index in [1.165, 1.54) is 5.56 Å². The summed E-state index contributed by atoms with van der Waals surface area (Å²) < 4.78 is 5.83. The maximum atomic E-state index is 12.5. The van der Waals surface area contributed by atoms with Crippen molar-refractivity contribution in [3.05, 3.63) is 65.7 Å². The molecular formula is C22H29N3O2. The lowest BCUT2D eigenvalue weighted by atomic mass is 10.1. The molecule has 0 spiro atoms. The van der Waals surface area contributed by atoms with Gasteiger partial charge in [-0.15, -0.1) is 0 Å². The van der Waals surface area contributed by atoms with Crippen molar-refractivity contribution in [3.63, 3.8) is 0 Å². The van der Waals surface area contributed by atoms with Crippen LogP contribution in [0.3, 0.4) is 0 Å². The lowest BCUT2D eigenvalue weighted by molar-refractivity contribution is -0.121. The van der Waals surface area contributed by atoms with E-state index in [1.54, 1.807) is 0 Å². The standard InChI is InChI=1S/C22H29N3O2/c1-2-23-15-19-10-6-7-11-21(19)24-22(26)14-20-17-25(12-13-27-20)16-18-8-4-3-5-9-18/h3-11,20,23H,2,12-17H2,1H3,(H,24,26). The molecule has 0 aromatic heterocycles. The second-order valence-corrected chi connectivity index (χ2v) is 6.90. The minimum Gasteiger partial charge on any atom is -0.375 e. The van der Waals surface area contributed by atoms with E-state index in [0.29, 0.717) is 13.0 Å². The highest BCUT2D eigenvalue weighted by molar-refractivity contribution is 5.91. The van der Waals surface area contributed by atoms with E-state index in [9.17, 15) is 4.79 Å². The van der Waals surface area contributed by atoms with Crippen molar-refractivity contribution in [2.24, 2.45) is 0 Å². The molecule has 1 atom stereocenters. The molecule has 0 bridgehead atoms. The first-order valence-corrected chi connectivity index (χ1v) is 9.71. The Hall–Kier alpha value is -2.21. The molecule has 1 amide bonds. The minimum atomic E-state index is -0.0663. The van der Waals surface area contributed by atoms with Crippen molar-refractivity contribution in [3.8, 4) is 0 Å². The second kappa shape index (κ2) is 10.2. The van der Waals surface area contributed by atoms with Crippen LogP contribution in [0.2, 0.25) is 0 Å². The number of carbonyl (C=O) groups is 1. The number of anilines is 1. The average Bonchev–Trinajstić information content (AvgIpc) is 2.68. The number of para-hydroxylation sites is 1. The molecule has 2 aromatic carbocycles. The predicted molar refractivity (Wildman–Crippen MR) is 109 cm³/mol. The quantitative estimate of drug-likeness (QED) is 0.753. The molecule has 0 saturated carbocycles. The smallest absolute Gasteiger partial charge is 0.227 e. The summed E-state index contributed by atoms with van der Waals surface area (Å²) in [4.78, 5) is 14.9. The van der Waals surface area contributed by atoms with E-state index >= 15 is 0 Å². The predicted octanol–water partition coefficient (Wildman–Crippen LogP) is 3.03. The first kappa shape index (κ1) is 19.5. The highest BCUT2D eigenvalue weighted by Gasteiger charge is 2.23. The van der Waals surface area contributed by atoms with Gasteiger partial charge in [0.05, 0.1) is 19.1 Å². The van der Waals surface area contributed by atoms with Gasteiger partial charge in [0.15, 0.2) is 0 Å². The van der Waals surface area contributed by atoms with Crippen molar-refractivity contribution >= 4 is 11.6 Å². The second-order valence-electron chi connectivity index (χ2n) is 6.90. The molecular weight excluding hydrogens is 338 g/mol. The number of carbonyl (C=O) groups excluding carboxylic acids is 1. The summed E-state index contributed by atoms with van der Waals surface area (Å²) in [7, 11) is 0. The summed E-state index contributed by atoms with van der Waals surface area (Å²) in [5.41, 5.74) is 3.27. The average molecular weight is 367 g/mol. The zero-order chi connectivity index (χ0) is 18.9. The zero-order valence-corrected chi connectivity index (χ0v) is 16.0. The highest BCUT2D eigenvalue weighted by Crippen LogP contribution is 2.17. The van der Waals surface area contributed by atoms with Crippen molar-refractivity contribution in [1.29, 1.82) is 0 Å². The number of nitrogens with one attached hydrogen (secondary N) is 2. The summed E-state index contributed by atoms with van der Waals surface area (Å²) >= 11 is 0. The molecule has 3 rings (SSSR count). The number of ether oxygens (including phenoxy) is 1. The van der Waals surface area contributed by atoms with E-state index in [1.807, 2.05) is 30.3 Å². The molecule has 144 valence electrons. The summed E-state index contributed by atoms with van der Waals surface area (Å²) in [6, 6.07) is 18.4. The molecule has 5 heteroatoms. The number of amides is 1. The summed E-state index contributed by atoms with van der Waals surface area (Å²) in [6.45, 7) is 6.96. The van der Waals surface area contributed by atoms with Gasteiger partial charge >= 0.3 is 0 Å². The van der Waals surface area contributed by atoms with Gasteiger partial charge in [0, 0.05) is 31.9 Å². The van der Waals surface area contributed by atoms with E-state index in [0.717, 1.165) is 44.0 Å². The Kier molecular flexibility index (Phi) is 7.39. The Balaban J connectivity index is 1.52. The molecule has 1 aliphatic heterocycles. The van der Waals surface area contributed by atoms with E-state index < -0.39 is 0 Å². The molecule has 1 saturated heterocycles. The van der Waals surface area contributed by atoms with Gasteiger partial charge in [-0.1, -0.05) is 55.5 Å². The van der Waals surface area contributed by atoms with Crippen LogP contribution in [-0.4, -0.2) is 43.2 Å². The van der Waals surface area contributed by atoms with Crippen LogP contribution in [0.25, 0.3) is 0 Å². The van der Waals surface area contributed by atoms with Gasteiger partial charge in [-0.3, -0.25) is 9.69 Å². The Labute approximate surface area is 161 Å². The van der Waals surface area contributed by atoms with Crippen LogP contribution in [0.4, 0.5) is 5.69 Å². The molecule has 0 aliphatic carbocycles. The summed E-state index contributed by atoms with van der Waals surface area (Å²) in [5, 5.41) is 6.36. The lowest BCUT2D eigenvalue weighted by Gasteiger charge is -2.32. The van der Waals surface area contributed by atoms with Gasteiger partial charge in [-0.2, -0.15) is 0 Å². The van der Waals surface area contributed by atoms with Crippen LogP contribution < -0.4 is 10.6 Å². The monoisotopic (exact) mass is 367 g/mol. The Morgan fingerprint density at radius 3 is 2.74 bits per heavy atom. The Morgan fingerprint density at radius 2 is 1.93 bits per heavy atom. The van der Waals surface area contributed by atoms with Gasteiger partial charge in [0.2, 0.25) is 5.91 Å². The molecule has 2 aromatic rings. The fourth-order valence-electron chi connectivity index (χ4n) is 3.35. The molecule has 27 heavy (non-hydrogen) atoms. The third-order valence-electron chi connectivity index (χ3n) is 4.74. The van der Waals surface area contributed by atoms with Crippen LogP contribution in [0.1, 0.15) is 24.5 Å². The fraction of sp³-hybridized carbons (Fsp3) is 0.409. The van der Waals surface area contributed by atoms with Crippen molar-refractivity contribution in [2.45, 2.75) is 32.5 Å². The third kappa shape index (κ3) is 6.17. The topological polar surface area (TPSA) is 53.6 Å². The number of benzene rings is 2. The molecule has 1 unspecified atom stereocenters. The van der Waals surface area contributed by atoms with Crippen LogP contribution in [0.15, 0.2) is 54.6 Å². The van der Waals surface area contributed by atoms with E-state index in [2.05, 4.69) is 46.7 Å². The number of rotatable bonds is 8. The van der Waals surface area contributed by atoms with Crippen molar-refractivity contribution < 1.29 is 9.53 Å². The molecule has 1 fully saturated rings. The molecule has 0 radical (unpaired) electrons. The third-order valence-corrected chi connectivity index (χ3v) is 4.74. The van der Waals surface area contributed by atoms with Crippen molar-refractivity contribution in [2.75, 3.05) is 31.6 Å². The Bertz CT molecular complexity index is 721. The Morgan fingerprint density at radius 1 is 1.15 bits per heavy atom. The van der Waals surface area contributed by atoms with Crippen LogP contribution in [0, 0.1) is 0 Å². The maximum Gasteiger partial charge on any atom is 0.227 e. The molecule has 5 nitrogen and oxygen atoms in total. The summed E-state index contributed by atoms with van der Waals surface area (Å²) in [5.74, 6) is 0.00510. The fourth-order valence-corrected chi connectivity index (χ4v) is 3.35. The molecule has 1 aliphatic rings. The number of nitrogens with zero attached hydrogens (tertiary/aromatic N) is 1. The highest BCUT2D eigenvalue weighted by atomic mass is 16.5. The normalized spacial score (nSPS) is 17.6. The van der Waals surface area contributed by atoms with Gasteiger partial charge in [-0.05, 0) is 23.7 Å². The maximum absolute atomic E-state index is 12.5. The number of morpholine rings is 1. The first-order valence-electron chi connectivity index (χ1n) is 9.71. The first-order chi connectivity index (χ1) is 13.2. The number of hydrogen-bond donors (Lipinski definition) is 2. The van der Waals surface area contributed by atoms with Crippen LogP contribution in [0.5, 0.6) is 0 Å². The van der Waals surface area contributed by atoms with Crippen LogP contribution in [-0.2, 0) is 22.6 Å². The summed E-state index contributed by atoms with van der Waals surface area (Å²) in [6.07, 6.45) is 0.310. The largest absolute Gasteiger partial charge is 0.375 e. The zero-order valence-electron chi connectivity index (χ0n) is 16.0. The molecule has 2 N–H and O–H groups in total. The SMILES string of the molecule is CCNCc1ccccc1NC(=O)CC1CN(Cc2ccccc2)CCO1. The van der Waals surface area contributed by atoms with Gasteiger partial charge < -0.3 is 15.4 Å². The minimum absolute atomic E-state index is 0.00510. The van der Waals surface area contributed by atoms with Crippen LogP contribution >= 0.6 is 0 Å². The lowest BCUT2D eigenvalue weighted by Crippen LogP contribution is -2.43. The molecule has 1 heterocycles. The van der Waals surface area contributed by atoms with Gasteiger partial charge in [0.25, 0.3) is 0 Å².